The van der Waals surface area contributed by atoms with Crippen molar-refractivity contribution in [1.29, 1.82) is 0 Å². The summed E-state index contributed by atoms with van der Waals surface area (Å²) in [5.41, 5.74) is 0.771. The smallest absolute Gasteiger partial charge is 0.315 e. The van der Waals surface area contributed by atoms with Crippen molar-refractivity contribution in [1.82, 2.24) is 20.4 Å². The van der Waals surface area contributed by atoms with Crippen LogP contribution < -0.4 is 10.6 Å². The number of carbonyl (C=O) groups excluding carboxylic acids is 2. The summed E-state index contributed by atoms with van der Waals surface area (Å²) >= 11 is 0. The molecule has 0 unspecified atom stereocenters. The van der Waals surface area contributed by atoms with Crippen LogP contribution in [0.1, 0.15) is 18.4 Å². The second kappa shape index (κ2) is 8.49. The van der Waals surface area contributed by atoms with Gasteiger partial charge in [-0.2, -0.15) is 0 Å². The Morgan fingerprint density at radius 2 is 2.04 bits per heavy atom. The molecule has 2 fully saturated rings. The zero-order valence-electron chi connectivity index (χ0n) is 15.2. The summed E-state index contributed by atoms with van der Waals surface area (Å²) in [5.74, 6) is 0.306. The molecular weight excluding hydrogens is 335 g/mol. The maximum absolute atomic E-state index is 13.7. The Labute approximate surface area is 153 Å². The molecule has 6 nitrogen and oxygen atoms in total. The quantitative estimate of drug-likeness (QED) is 0.800. The molecule has 142 valence electrons. The van der Waals surface area contributed by atoms with Gasteiger partial charge in [-0.3, -0.25) is 4.79 Å². The summed E-state index contributed by atoms with van der Waals surface area (Å²) in [5, 5.41) is 5.25. The highest BCUT2D eigenvalue weighted by molar-refractivity contribution is 5.90. The summed E-state index contributed by atoms with van der Waals surface area (Å²) < 4.78 is 13.7. The average Bonchev–Trinajstić information content (AvgIpc) is 3.08. The first-order valence-corrected chi connectivity index (χ1v) is 9.28. The first kappa shape index (κ1) is 18.6. The predicted octanol–water partition coefficient (Wildman–Crippen LogP) is 1.22. The van der Waals surface area contributed by atoms with Gasteiger partial charge < -0.3 is 20.4 Å². The van der Waals surface area contributed by atoms with Gasteiger partial charge in [0.2, 0.25) is 5.91 Å². The number of amides is 3. The van der Waals surface area contributed by atoms with Crippen molar-refractivity contribution in [2.75, 3.05) is 39.8 Å². The molecule has 0 aromatic heterocycles. The highest BCUT2D eigenvalue weighted by Crippen LogP contribution is 2.19. The Morgan fingerprint density at radius 1 is 1.31 bits per heavy atom. The molecule has 7 heteroatoms. The summed E-state index contributed by atoms with van der Waals surface area (Å²) in [6.07, 6.45) is 2.79. The van der Waals surface area contributed by atoms with E-state index in [0.717, 1.165) is 44.5 Å². The first-order chi connectivity index (χ1) is 12.5. The minimum atomic E-state index is -0.451. The lowest BCUT2D eigenvalue weighted by Gasteiger charge is -2.34. The average molecular weight is 362 g/mol. The van der Waals surface area contributed by atoms with E-state index in [1.807, 2.05) is 12.1 Å². The predicted molar refractivity (Wildman–Crippen MR) is 97.2 cm³/mol. The highest BCUT2D eigenvalue weighted by atomic mass is 19.1. The van der Waals surface area contributed by atoms with Crippen LogP contribution in [0.2, 0.25) is 0 Å². The lowest BCUT2D eigenvalue weighted by Crippen LogP contribution is -2.46. The third kappa shape index (κ3) is 4.72. The molecule has 26 heavy (non-hydrogen) atoms. The highest BCUT2D eigenvalue weighted by Gasteiger charge is 2.30. The van der Waals surface area contributed by atoms with Gasteiger partial charge in [-0.15, -0.1) is 0 Å². The fraction of sp³-hybridized carbons (Fsp3) is 0.579. The second-order valence-corrected chi connectivity index (χ2v) is 7.25. The van der Waals surface area contributed by atoms with Crippen molar-refractivity contribution in [2.24, 2.45) is 5.92 Å². The zero-order chi connectivity index (χ0) is 18.5. The fourth-order valence-corrected chi connectivity index (χ4v) is 3.72. The molecule has 2 saturated heterocycles. The van der Waals surface area contributed by atoms with Crippen LogP contribution in [0.25, 0.3) is 0 Å². The molecule has 3 rings (SSSR count). The van der Waals surface area contributed by atoms with Crippen LogP contribution in [0.15, 0.2) is 24.3 Å². The number of likely N-dealkylation sites (tertiary alicyclic amines) is 1. The van der Waals surface area contributed by atoms with Crippen molar-refractivity contribution in [3.8, 4) is 0 Å². The molecular formula is C19H27FN4O2. The number of rotatable bonds is 6. The van der Waals surface area contributed by atoms with E-state index in [1.165, 1.54) is 6.07 Å². The lowest BCUT2D eigenvalue weighted by atomic mass is 9.95. The van der Waals surface area contributed by atoms with Crippen LogP contribution in [0.3, 0.4) is 0 Å². The van der Waals surface area contributed by atoms with Gasteiger partial charge in [-0.05, 0) is 49.9 Å². The SMILES string of the molecule is CN(CC1CCN(CCc2ccccc2F)CC1)C(=O)[C@@H]1CNC(=O)N1. The number of likely N-dealkylation sites (N-methyl/N-ethyl adjacent to an activating group) is 1. The Hall–Kier alpha value is -2.15. The minimum Gasteiger partial charge on any atom is -0.344 e. The van der Waals surface area contributed by atoms with Crippen LogP contribution >= 0.6 is 0 Å². The van der Waals surface area contributed by atoms with Gasteiger partial charge in [0.15, 0.2) is 0 Å². The standard InChI is InChI=1S/C19H27FN4O2/c1-23(18(25)17-12-21-19(26)22-17)13-14-6-9-24(10-7-14)11-8-15-4-2-3-5-16(15)20/h2-5,14,17H,6-13H2,1H3,(H2,21,22,26)/t17-/m0/s1. The number of piperidine rings is 1. The number of benzene rings is 1. The molecule has 0 saturated carbocycles. The number of carbonyl (C=O) groups is 2. The molecule has 3 amide bonds. The minimum absolute atomic E-state index is 0.0367. The molecule has 2 aliphatic rings. The van der Waals surface area contributed by atoms with E-state index < -0.39 is 6.04 Å². The number of urea groups is 1. The molecule has 0 aliphatic carbocycles. The van der Waals surface area contributed by atoms with E-state index >= 15 is 0 Å². The number of nitrogens with one attached hydrogen (secondary N) is 2. The van der Waals surface area contributed by atoms with E-state index in [-0.39, 0.29) is 17.8 Å². The monoisotopic (exact) mass is 362 g/mol. The summed E-state index contributed by atoms with van der Waals surface area (Å²) in [7, 11) is 1.80. The van der Waals surface area contributed by atoms with Crippen molar-refractivity contribution < 1.29 is 14.0 Å². The van der Waals surface area contributed by atoms with Gasteiger partial charge in [0.05, 0.1) is 0 Å². The number of hydrogen-bond donors (Lipinski definition) is 2. The third-order valence-corrected chi connectivity index (χ3v) is 5.34. The van der Waals surface area contributed by atoms with E-state index in [0.29, 0.717) is 19.0 Å². The van der Waals surface area contributed by atoms with Gasteiger partial charge >= 0.3 is 6.03 Å². The Balaban J connectivity index is 1.39. The molecule has 2 N–H and O–H groups in total. The Morgan fingerprint density at radius 3 is 2.69 bits per heavy atom. The molecule has 1 atom stereocenters. The lowest BCUT2D eigenvalue weighted by molar-refractivity contribution is -0.132. The topological polar surface area (TPSA) is 64.7 Å². The summed E-state index contributed by atoms with van der Waals surface area (Å²) in [6.45, 7) is 3.89. The van der Waals surface area contributed by atoms with Crippen LogP contribution in [0.5, 0.6) is 0 Å². The maximum atomic E-state index is 13.7. The third-order valence-electron chi connectivity index (χ3n) is 5.34. The molecule has 0 radical (unpaired) electrons. The van der Waals surface area contributed by atoms with Crippen molar-refractivity contribution in [2.45, 2.75) is 25.3 Å². The number of hydrogen-bond acceptors (Lipinski definition) is 3. The van der Waals surface area contributed by atoms with E-state index in [4.69, 9.17) is 0 Å². The van der Waals surface area contributed by atoms with Crippen molar-refractivity contribution in [3.63, 3.8) is 0 Å². The van der Waals surface area contributed by atoms with E-state index in [1.54, 1.807) is 18.0 Å². The maximum Gasteiger partial charge on any atom is 0.315 e. The van der Waals surface area contributed by atoms with Crippen LogP contribution in [-0.4, -0.2) is 67.6 Å². The van der Waals surface area contributed by atoms with Crippen LogP contribution in [0, 0.1) is 11.7 Å². The van der Waals surface area contributed by atoms with Crippen LogP contribution in [0.4, 0.5) is 9.18 Å². The van der Waals surface area contributed by atoms with Gasteiger partial charge in [0, 0.05) is 26.7 Å². The molecule has 1 aromatic rings. The van der Waals surface area contributed by atoms with Crippen molar-refractivity contribution in [3.05, 3.63) is 35.6 Å². The summed E-state index contributed by atoms with van der Waals surface area (Å²) in [4.78, 5) is 27.6. The fourth-order valence-electron chi connectivity index (χ4n) is 3.72. The summed E-state index contributed by atoms with van der Waals surface area (Å²) in [6, 6.07) is 6.22. The van der Waals surface area contributed by atoms with Crippen molar-refractivity contribution >= 4 is 11.9 Å². The normalized spacial score (nSPS) is 21.3. The molecule has 0 bridgehead atoms. The van der Waals surface area contributed by atoms with E-state index in [9.17, 15) is 14.0 Å². The van der Waals surface area contributed by atoms with Gasteiger partial charge in [0.1, 0.15) is 11.9 Å². The Bertz CT molecular complexity index is 646. The molecule has 2 heterocycles. The second-order valence-electron chi connectivity index (χ2n) is 7.25. The molecule has 0 spiro atoms. The van der Waals surface area contributed by atoms with E-state index in [2.05, 4.69) is 15.5 Å². The van der Waals surface area contributed by atoms with Gasteiger partial charge in [-0.25, -0.2) is 9.18 Å². The van der Waals surface area contributed by atoms with Gasteiger partial charge in [0.25, 0.3) is 0 Å². The van der Waals surface area contributed by atoms with Crippen LogP contribution in [-0.2, 0) is 11.2 Å². The van der Waals surface area contributed by atoms with Gasteiger partial charge in [-0.1, -0.05) is 18.2 Å². The first-order valence-electron chi connectivity index (χ1n) is 9.28. The molecule has 2 aliphatic heterocycles. The Kier molecular flexibility index (Phi) is 6.08. The zero-order valence-corrected chi connectivity index (χ0v) is 15.2. The number of nitrogens with zero attached hydrogens (tertiary/aromatic N) is 2. The molecule has 1 aromatic carbocycles. The number of halogens is 1. The largest absolute Gasteiger partial charge is 0.344 e.